The maximum atomic E-state index is 12.1. The zero-order valence-electron chi connectivity index (χ0n) is 16.6. The van der Waals surface area contributed by atoms with E-state index in [9.17, 15) is 19.2 Å². The Labute approximate surface area is 164 Å². The van der Waals surface area contributed by atoms with Crippen LogP contribution < -0.4 is 16.0 Å². The summed E-state index contributed by atoms with van der Waals surface area (Å²) >= 11 is 0. The molecule has 0 bridgehead atoms. The molecule has 0 saturated carbocycles. The molecule has 0 fully saturated rings. The van der Waals surface area contributed by atoms with Crippen molar-refractivity contribution in [3.05, 3.63) is 29.8 Å². The summed E-state index contributed by atoms with van der Waals surface area (Å²) in [6, 6.07) is 5.34. The second kappa shape index (κ2) is 10.9. The molecule has 9 heteroatoms. The van der Waals surface area contributed by atoms with Gasteiger partial charge in [-0.15, -0.1) is 0 Å². The van der Waals surface area contributed by atoms with Gasteiger partial charge in [-0.05, 0) is 45.4 Å². The van der Waals surface area contributed by atoms with Crippen LogP contribution in [0, 0.1) is 0 Å². The molecule has 0 aromatic heterocycles. The molecule has 0 saturated heterocycles. The number of imide groups is 1. The van der Waals surface area contributed by atoms with Gasteiger partial charge in [0.2, 0.25) is 0 Å². The summed E-state index contributed by atoms with van der Waals surface area (Å²) in [6.45, 7) is 7.01. The van der Waals surface area contributed by atoms with E-state index in [4.69, 9.17) is 9.47 Å². The van der Waals surface area contributed by atoms with Gasteiger partial charge in [0, 0.05) is 12.2 Å². The van der Waals surface area contributed by atoms with E-state index in [0.29, 0.717) is 12.2 Å². The topological polar surface area (TPSA) is 123 Å². The predicted octanol–water partition coefficient (Wildman–Crippen LogP) is 2.82. The number of hydrogen-bond donors (Lipinski definition) is 3. The van der Waals surface area contributed by atoms with Crippen LogP contribution in [-0.2, 0) is 14.3 Å². The van der Waals surface area contributed by atoms with Crippen LogP contribution in [0.5, 0.6) is 0 Å². The number of carbonyl (C=O) groups is 4. The van der Waals surface area contributed by atoms with E-state index in [1.807, 2.05) is 6.92 Å². The van der Waals surface area contributed by atoms with E-state index in [1.54, 1.807) is 32.9 Å². The number of carbonyl (C=O) groups excluding carboxylic acids is 4. The molecule has 0 heterocycles. The second-order valence-corrected chi connectivity index (χ2v) is 6.94. The zero-order valence-corrected chi connectivity index (χ0v) is 16.6. The highest BCUT2D eigenvalue weighted by Crippen LogP contribution is 2.14. The fourth-order valence-electron chi connectivity index (χ4n) is 1.95. The Bertz CT molecular complexity index is 712. The Balaban J connectivity index is 2.51. The minimum atomic E-state index is -0.769. The molecule has 0 unspecified atom stereocenters. The molecule has 28 heavy (non-hydrogen) atoms. The SMILES string of the molecule is CCCCNC(=O)NC(=O)COC(=O)c1cccc(NC(=O)OC(C)(C)C)c1. The minimum Gasteiger partial charge on any atom is -0.452 e. The van der Waals surface area contributed by atoms with Crippen LogP contribution in [-0.4, -0.2) is 42.8 Å². The molecule has 0 radical (unpaired) electrons. The standard InChI is InChI=1S/C19H27N3O6/c1-5-6-10-20-17(25)22-15(23)12-27-16(24)13-8-7-9-14(11-13)21-18(26)28-19(2,3)4/h7-9,11H,5-6,10,12H2,1-4H3,(H,21,26)(H2,20,22,23,25). The molecule has 9 nitrogen and oxygen atoms in total. The largest absolute Gasteiger partial charge is 0.452 e. The number of benzene rings is 1. The van der Waals surface area contributed by atoms with Crippen LogP contribution in [0.4, 0.5) is 15.3 Å². The monoisotopic (exact) mass is 393 g/mol. The summed E-state index contributed by atoms with van der Waals surface area (Å²) < 4.78 is 10.0. The van der Waals surface area contributed by atoms with Gasteiger partial charge in [0.1, 0.15) is 5.60 Å². The van der Waals surface area contributed by atoms with Gasteiger partial charge in [-0.1, -0.05) is 19.4 Å². The highest BCUT2D eigenvalue weighted by molar-refractivity contribution is 5.97. The number of ether oxygens (including phenoxy) is 2. The van der Waals surface area contributed by atoms with Gasteiger partial charge in [-0.25, -0.2) is 14.4 Å². The van der Waals surface area contributed by atoms with Crippen LogP contribution in [0.1, 0.15) is 50.9 Å². The highest BCUT2D eigenvalue weighted by Gasteiger charge is 2.17. The lowest BCUT2D eigenvalue weighted by Gasteiger charge is -2.19. The van der Waals surface area contributed by atoms with Crippen molar-refractivity contribution < 1.29 is 28.7 Å². The normalized spacial score (nSPS) is 10.6. The van der Waals surface area contributed by atoms with Gasteiger partial charge in [0.05, 0.1) is 5.56 Å². The van der Waals surface area contributed by atoms with Gasteiger partial charge in [0.25, 0.3) is 5.91 Å². The van der Waals surface area contributed by atoms with Crippen molar-refractivity contribution in [2.24, 2.45) is 0 Å². The lowest BCUT2D eigenvalue weighted by Crippen LogP contribution is -2.41. The molecule has 0 aliphatic heterocycles. The molecule has 1 aromatic carbocycles. The Morgan fingerprint density at radius 2 is 1.82 bits per heavy atom. The van der Waals surface area contributed by atoms with E-state index in [-0.39, 0.29) is 5.56 Å². The fraction of sp³-hybridized carbons (Fsp3) is 0.474. The third kappa shape index (κ3) is 9.56. The van der Waals surface area contributed by atoms with Crippen LogP contribution in [0.15, 0.2) is 24.3 Å². The van der Waals surface area contributed by atoms with Gasteiger partial charge >= 0.3 is 18.1 Å². The van der Waals surface area contributed by atoms with Crippen molar-refractivity contribution in [2.75, 3.05) is 18.5 Å². The first-order chi connectivity index (χ1) is 13.1. The lowest BCUT2D eigenvalue weighted by molar-refractivity contribution is -0.123. The first-order valence-electron chi connectivity index (χ1n) is 8.95. The Morgan fingerprint density at radius 1 is 1.11 bits per heavy atom. The molecular formula is C19H27N3O6. The molecule has 1 rings (SSSR count). The van der Waals surface area contributed by atoms with E-state index < -0.39 is 36.2 Å². The first-order valence-corrected chi connectivity index (χ1v) is 8.95. The second-order valence-electron chi connectivity index (χ2n) is 6.94. The van der Waals surface area contributed by atoms with Crippen LogP contribution in [0.3, 0.4) is 0 Å². The number of nitrogens with one attached hydrogen (secondary N) is 3. The van der Waals surface area contributed by atoms with Gasteiger partial charge in [0.15, 0.2) is 6.61 Å². The van der Waals surface area contributed by atoms with E-state index in [0.717, 1.165) is 12.8 Å². The van der Waals surface area contributed by atoms with E-state index in [2.05, 4.69) is 16.0 Å². The third-order valence-electron chi connectivity index (χ3n) is 3.15. The number of unbranched alkanes of at least 4 members (excludes halogenated alkanes) is 1. The number of hydrogen-bond acceptors (Lipinski definition) is 6. The average Bonchev–Trinajstić information content (AvgIpc) is 2.58. The summed E-state index contributed by atoms with van der Waals surface area (Å²) in [4.78, 5) is 46.9. The molecule has 0 aliphatic rings. The molecule has 1 aromatic rings. The maximum absolute atomic E-state index is 12.1. The van der Waals surface area contributed by atoms with Crippen molar-refractivity contribution >= 4 is 29.7 Å². The number of amides is 4. The zero-order chi connectivity index (χ0) is 21.2. The smallest absolute Gasteiger partial charge is 0.412 e. The van der Waals surface area contributed by atoms with Gasteiger partial charge in [-0.2, -0.15) is 0 Å². The number of rotatable bonds is 7. The van der Waals surface area contributed by atoms with E-state index >= 15 is 0 Å². The third-order valence-corrected chi connectivity index (χ3v) is 3.15. The Kier molecular flexibility index (Phi) is 8.94. The quantitative estimate of drug-likeness (QED) is 0.483. The summed E-state index contributed by atoms with van der Waals surface area (Å²) in [7, 11) is 0. The molecular weight excluding hydrogens is 366 g/mol. The van der Waals surface area contributed by atoms with Gasteiger partial charge < -0.3 is 14.8 Å². The van der Waals surface area contributed by atoms with Crippen molar-refractivity contribution in [3.8, 4) is 0 Å². The summed E-state index contributed by atoms with van der Waals surface area (Å²) in [5.41, 5.74) is -0.186. The summed E-state index contributed by atoms with van der Waals surface area (Å²) in [5.74, 6) is -1.51. The molecule has 4 amide bonds. The Morgan fingerprint density at radius 3 is 2.46 bits per heavy atom. The molecule has 3 N–H and O–H groups in total. The van der Waals surface area contributed by atoms with Crippen LogP contribution in [0.2, 0.25) is 0 Å². The van der Waals surface area contributed by atoms with E-state index in [1.165, 1.54) is 12.1 Å². The van der Waals surface area contributed by atoms with Crippen LogP contribution >= 0.6 is 0 Å². The fourth-order valence-corrected chi connectivity index (χ4v) is 1.95. The summed E-state index contributed by atoms with van der Waals surface area (Å²) in [5, 5.41) is 7.09. The van der Waals surface area contributed by atoms with Gasteiger partial charge in [-0.3, -0.25) is 15.4 Å². The van der Waals surface area contributed by atoms with Crippen molar-refractivity contribution in [3.63, 3.8) is 0 Å². The number of esters is 1. The first kappa shape index (κ1) is 22.9. The minimum absolute atomic E-state index is 0.133. The Hall–Kier alpha value is -3.10. The van der Waals surface area contributed by atoms with Crippen molar-refractivity contribution in [2.45, 2.75) is 46.1 Å². The van der Waals surface area contributed by atoms with Crippen molar-refractivity contribution in [1.29, 1.82) is 0 Å². The maximum Gasteiger partial charge on any atom is 0.412 e. The predicted molar refractivity (Wildman–Crippen MR) is 103 cm³/mol. The summed E-state index contributed by atoms with van der Waals surface area (Å²) in [6.07, 6.45) is 1.05. The van der Waals surface area contributed by atoms with Crippen LogP contribution in [0.25, 0.3) is 0 Å². The molecule has 0 spiro atoms. The number of urea groups is 1. The molecule has 0 atom stereocenters. The number of anilines is 1. The molecule has 154 valence electrons. The molecule has 0 aliphatic carbocycles. The average molecular weight is 393 g/mol. The highest BCUT2D eigenvalue weighted by atomic mass is 16.6. The lowest BCUT2D eigenvalue weighted by atomic mass is 10.2. The van der Waals surface area contributed by atoms with Crippen molar-refractivity contribution in [1.82, 2.24) is 10.6 Å².